The monoisotopic (exact) mass is 477 g/mol. The van der Waals surface area contributed by atoms with Crippen molar-refractivity contribution in [2.75, 3.05) is 19.7 Å². The van der Waals surface area contributed by atoms with Crippen molar-refractivity contribution in [2.24, 2.45) is 18.0 Å². The largest absolute Gasteiger partial charge is 0.466 e. The topological polar surface area (TPSA) is 101 Å². The quantitative estimate of drug-likeness (QED) is 0.405. The van der Waals surface area contributed by atoms with Crippen molar-refractivity contribution >= 4 is 45.4 Å². The number of esters is 1. The van der Waals surface area contributed by atoms with Crippen LogP contribution in [0.2, 0.25) is 0 Å². The Balaban J connectivity index is 1.52. The molecule has 8 nitrogen and oxygen atoms in total. The highest BCUT2D eigenvalue weighted by Crippen LogP contribution is 2.24. The summed E-state index contributed by atoms with van der Waals surface area (Å²) in [6, 6.07) is 14.2. The molecule has 1 fully saturated rings. The third-order valence-electron chi connectivity index (χ3n) is 5.94. The summed E-state index contributed by atoms with van der Waals surface area (Å²) in [4.78, 5) is 35.8. The number of aliphatic imine (C=N–C) groups is 1. The van der Waals surface area contributed by atoms with Crippen molar-refractivity contribution in [2.45, 2.75) is 19.8 Å². The van der Waals surface area contributed by atoms with Crippen LogP contribution in [0, 0.1) is 17.2 Å². The Morgan fingerprint density at radius 2 is 1.91 bits per heavy atom. The molecule has 0 bridgehead atoms. The van der Waals surface area contributed by atoms with E-state index in [0.29, 0.717) is 60.7 Å². The second-order valence-electron chi connectivity index (χ2n) is 8.08. The van der Waals surface area contributed by atoms with Crippen LogP contribution >= 0.6 is 11.6 Å². The van der Waals surface area contributed by atoms with Gasteiger partial charge in [0.05, 0.1) is 40.9 Å². The van der Waals surface area contributed by atoms with E-state index in [1.54, 1.807) is 48.2 Å². The van der Waals surface area contributed by atoms with Gasteiger partial charge in [0.1, 0.15) is 0 Å². The number of hydrogen-bond donors (Lipinski definition) is 0. The van der Waals surface area contributed by atoms with Gasteiger partial charge in [-0.1, -0.05) is 11.6 Å². The number of aromatic nitrogens is 2. The summed E-state index contributed by atoms with van der Waals surface area (Å²) in [6.45, 7) is 3.18. The van der Waals surface area contributed by atoms with Gasteiger partial charge in [0.25, 0.3) is 5.91 Å². The van der Waals surface area contributed by atoms with Gasteiger partial charge in [0.2, 0.25) is 0 Å². The van der Waals surface area contributed by atoms with Crippen LogP contribution in [0.4, 0.5) is 5.69 Å². The number of fused-ring (bicyclic) bond motifs is 1. The van der Waals surface area contributed by atoms with Crippen molar-refractivity contribution in [1.29, 1.82) is 5.26 Å². The zero-order valence-electron chi connectivity index (χ0n) is 19.0. The van der Waals surface area contributed by atoms with E-state index in [1.165, 1.54) is 0 Å². The van der Waals surface area contributed by atoms with Gasteiger partial charge in [-0.25, -0.2) is 9.98 Å². The number of nitriles is 1. The standard InChI is InChI=1S/C25H24ClN5O3/c1-3-34-25(33)17-10-12-31(13-11-17)24(32)18-6-9-21-20(14-18)29-23(30(21)2)22(26)28-19-7-4-16(15-27)5-8-19/h4-9,14,17H,3,10-13H2,1-2H3. The Labute approximate surface area is 202 Å². The average Bonchev–Trinajstić information content (AvgIpc) is 3.20. The number of imidazole rings is 1. The maximum atomic E-state index is 13.1. The maximum Gasteiger partial charge on any atom is 0.309 e. The third-order valence-corrected chi connectivity index (χ3v) is 6.19. The Morgan fingerprint density at radius 3 is 2.56 bits per heavy atom. The lowest BCUT2D eigenvalue weighted by Gasteiger charge is -2.31. The third kappa shape index (κ3) is 4.80. The first-order valence-electron chi connectivity index (χ1n) is 11.1. The second-order valence-corrected chi connectivity index (χ2v) is 8.44. The van der Waals surface area contributed by atoms with Crippen LogP contribution in [-0.2, 0) is 16.6 Å². The Hall–Kier alpha value is -3.70. The Bertz CT molecular complexity index is 1300. The average molecular weight is 478 g/mol. The molecular weight excluding hydrogens is 454 g/mol. The molecule has 34 heavy (non-hydrogen) atoms. The molecule has 0 saturated carbocycles. The van der Waals surface area contributed by atoms with Crippen LogP contribution in [0.15, 0.2) is 47.5 Å². The van der Waals surface area contributed by atoms with Crippen LogP contribution in [0.1, 0.15) is 41.5 Å². The number of carbonyl (C=O) groups excluding carboxylic acids is 2. The Kier molecular flexibility index (Phi) is 6.94. The number of halogens is 1. The van der Waals surface area contributed by atoms with Crippen molar-refractivity contribution in [1.82, 2.24) is 14.5 Å². The molecule has 1 saturated heterocycles. The Morgan fingerprint density at radius 1 is 1.21 bits per heavy atom. The minimum atomic E-state index is -0.184. The van der Waals surface area contributed by atoms with E-state index in [-0.39, 0.29) is 23.0 Å². The zero-order valence-corrected chi connectivity index (χ0v) is 19.7. The number of aryl methyl sites for hydroxylation is 1. The molecule has 174 valence electrons. The number of hydrogen-bond acceptors (Lipinski definition) is 6. The fourth-order valence-corrected chi connectivity index (χ4v) is 4.32. The van der Waals surface area contributed by atoms with Crippen molar-refractivity contribution in [3.8, 4) is 6.07 Å². The van der Waals surface area contributed by atoms with Gasteiger partial charge >= 0.3 is 5.97 Å². The summed E-state index contributed by atoms with van der Waals surface area (Å²) in [5, 5.41) is 9.14. The van der Waals surface area contributed by atoms with Gasteiger partial charge in [-0.3, -0.25) is 9.59 Å². The molecule has 9 heteroatoms. The number of rotatable bonds is 5. The smallest absolute Gasteiger partial charge is 0.309 e. The van der Waals surface area contributed by atoms with Gasteiger partial charge in [-0.2, -0.15) is 5.26 Å². The molecule has 0 radical (unpaired) electrons. The van der Waals surface area contributed by atoms with E-state index in [4.69, 9.17) is 21.6 Å². The molecule has 1 aromatic heterocycles. The minimum Gasteiger partial charge on any atom is -0.466 e. The van der Waals surface area contributed by atoms with Gasteiger partial charge < -0.3 is 14.2 Å². The molecule has 2 heterocycles. The van der Waals surface area contributed by atoms with E-state index < -0.39 is 0 Å². The summed E-state index contributed by atoms with van der Waals surface area (Å²) in [5.41, 5.74) is 3.14. The number of amides is 1. The molecule has 1 aliphatic rings. The molecule has 0 atom stereocenters. The molecule has 0 aliphatic carbocycles. The molecule has 0 N–H and O–H groups in total. The molecule has 1 amide bonds. The van der Waals surface area contributed by atoms with Crippen molar-refractivity contribution < 1.29 is 14.3 Å². The number of piperidine rings is 1. The zero-order chi connectivity index (χ0) is 24.2. The highest BCUT2D eigenvalue weighted by atomic mass is 35.5. The normalized spacial score (nSPS) is 14.8. The molecule has 1 aliphatic heterocycles. The molecule has 3 aromatic rings. The van der Waals surface area contributed by atoms with Crippen LogP contribution < -0.4 is 0 Å². The SMILES string of the molecule is CCOC(=O)C1CCN(C(=O)c2ccc3c(c2)nc(C(Cl)=Nc2ccc(C#N)cc2)n3C)CC1. The summed E-state index contributed by atoms with van der Waals surface area (Å²) in [6.07, 6.45) is 1.20. The predicted molar refractivity (Wildman–Crippen MR) is 129 cm³/mol. The molecule has 4 rings (SSSR count). The first kappa shape index (κ1) is 23.5. The highest BCUT2D eigenvalue weighted by molar-refractivity contribution is 6.69. The van der Waals surface area contributed by atoms with Crippen molar-refractivity contribution in [3.05, 3.63) is 59.4 Å². The van der Waals surface area contributed by atoms with Gasteiger partial charge in [0, 0.05) is 25.7 Å². The fraction of sp³-hybridized carbons (Fsp3) is 0.320. The van der Waals surface area contributed by atoms with Crippen molar-refractivity contribution in [3.63, 3.8) is 0 Å². The molecule has 0 unspecified atom stereocenters. The number of ether oxygens (including phenoxy) is 1. The minimum absolute atomic E-state index is 0.0891. The van der Waals surface area contributed by atoms with E-state index in [1.807, 2.05) is 17.7 Å². The lowest BCUT2D eigenvalue weighted by molar-refractivity contribution is -0.149. The number of likely N-dealkylation sites (tertiary alicyclic amines) is 1. The van der Waals surface area contributed by atoms with E-state index in [9.17, 15) is 9.59 Å². The van der Waals surface area contributed by atoms with Gasteiger partial charge in [-0.05, 0) is 62.2 Å². The van der Waals surface area contributed by atoms with Crippen LogP contribution in [0.25, 0.3) is 11.0 Å². The van der Waals surface area contributed by atoms with Gasteiger partial charge in [0.15, 0.2) is 11.0 Å². The molecule has 2 aromatic carbocycles. The lowest BCUT2D eigenvalue weighted by Crippen LogP contribution is -2.40. The van der Waals surface area contributed by atoms with Gasteiger partial charge in [-0.15, -0.1) is 0 Å². The number of nitrogens with zero attached hydrogens (tertiary/aromatic N) is 5. The summed E-state index contributed by atoms with van der Waals surface area (Å²) in [7, 11) is 1.84. The fourth-order valence-electron chi connectivity index (χ4n) is 4.05. The summed E-state index contributed by atoms with van der Waals surface area (Å²) in [5.74, 6) is 0.0496. The first-order valence-corrected chi connectivity index (χ1v) is 11.5. The lowest BCUT2D eigenvalue weighted by atomic mass is 9.96. The first-order chi connectivity index (χ1) is 16.4. The summed E-state index contributed by atoms with van der Waals surface area (Å²) >= 11 is 6.47. The second kappa shape index (κ2) is 10.1. The summed E-state index contributed by atoms with van der Waals surface area (Å²) < 4.78 is 6.93. The van der Waals surface area contributed by atoms with E-state index in [0.717, 1.165) is 5.52 Å². The molecule has 0 spiro atoms. The van der Waals surface area contributed by atoms with E-state index >= 15 is 0 Å². The highest BCUT2D eigenvalue weighted by Gasteiger charge is 2.29. The predicted octanol–water partition coefficient (Wildman–Crippen LogP) is 4.18. The van der Waals surface area contributed by atoms with E-state index in [2.05, 4.69) is 16.0 Å². The van der Waals surface area contributed by atoms with Crippen LogP contribution in [-0.4, -0.2) is 51.2 Å². The number of carbonyl (C=O) groups is 2. The maximum absolute atomic E-state index is 13.1. The number of benzene rings is 2. The van der Waals surface area contributed by atoms with Crippen LogP contribution in [0.5, 0.6) is 0 Å². The van der Waals surface area contributed by atoms with Crippen LogP contribution in [0.3, 0.4) is 0 Å². The molecular formula is C25H24ClN5O3.